The quantitative estimate of drug-likeness (QED) is 0.596. The molecule has 1 aromatic rings. The summed E-state index contributed by atoms with van der Waals surface area (Å²) in [6, 6.07) is 5.80. The molecule has 2 heteroatoms. The number of aryl methyl sites for hydroxylation is 1. The summed E-state index contributed by atoms with van der Waals surface area (Å²) in [6.45, 7) is 4.01. The van der Waals surface area contributed by atoms with E-state index in [0.29, 0.717) is 0 Å². The summed E-state index contributed by atoms with van der Waals surface area (Å²) in [5.74, 6) is 5.77. The molecule has 0 aliphatic rings. The molecule has 0 fully saturated rings. The molecule has 0 saturated carbocycles. The predicted molar refractivity (Wildman–Crippen MR) is 40.7 cm³/mol. The van der Waals surface area contributed by atoms with Gasteiger partial charge in [0.15, 0.2) is 0 Å². The molecule has 54 valence electrons. The molecule has 0 radical (unpaired) electrons. The minimum atomic E-state index is 0.750. The van der Waals surface area contributed by atoms with Crippen molar-refractivity contribution in [1.82, 2.24) is 0 Å². The van der Waals surface area contributed by atoms with Crippen LogP contribution in [0.5, 0.6) is 5.75 Å². The lowest BCUT2D eigenvalue weighted by atomic mass is 10.1. The van der Waals surface area contributed by atoms with Gasteiger partial charge < -0.3 is 4.84 Å². The third-order valence-electron chi connectivity index (χ3n) is 1.68. The zero-order chi connectivity index (χ0) is 7.56. The Kier molecular flexibility index (Phi) is 1.92. The van der Waals surface area contributed by atoms with Gasteiger partial charge in [0.1, 0.15) is 5.75 Å². The predicted octanol–water partition coefficient (Wildman–Crippen LogP) is 1.56. The molecular weight excluding hydrogens is 126 g/mol. The Morgan fingerprint density at radius 2 is 2.00 bits per heavy atom. The van der Waals surface area contributed by atoms with Crippen LogP contribution in [0.25, 0.3) is 0 Å². The molecular formula is C8H11NO. The van der Waals surface area contributed by atoms with E-state index in [1.807, 2.05) is 32.0 Å². The first-order valence-corrected chi connectivity index (χ1v) is 3.18. The highest BCUT2D eigenvalue weighted by Crippen LogP contribution is 2.18. The van der Waals surface area contributed by atoms with E-state index in [2.05, 4.69) is 4.84 Å². The average molecular weight is 137 g/mol. The van der Waals surface area contributed by atoms with Gasteiger partial charge in [-0.15, -0.1) is 0 Å². The van der Waals surface area contributed by atoms with E-state index in [1.54, 1.807) is 0 Å². The average Bonchev–Trinajstić information content (AvgIpc) is 1.95. The molecule has 0 atom stereocenters. The molecule has 2 N–H and O–H groups in total. The van der Waals surface area contributed by atoms with Crippen LogP contribution in [0.1, 0.15) is 11.1 Å². The molecule has 10 heavy (non-hydrogen) atoms. The van der Waals surface area contributed by atoms with Crippen molar-refractivity contribution in [3.63, 3.8) is 0 Å². The van der Waals surface area contributed by atoms with E-state index < -0.39 is 0 Å². The van der Waals surface area contributed by atoms with Crippen LogP contribution in [0.4, 0.5) is 0 Å². The molecule has 1 rings (SSSR count). The highest BCUT2D eigenvalue weighted by Gasteiger charge is 1.98. The summed E-state index contributed by atoms with van der Waals surface area (Å²) in [5.41, 5.74) is 2.30. The summed E-state index contributed by atoms with van der Waals surface area (Å²) < 4.78 is 0. The standard InChI is InChI=1S/C8H11NO/c1-6-4-3-5-8(10-9)7(6)2/h3-5H,9H2,1-2H3. The van der Waals surface area contributed by atoms with Crippen molar-refractivity contribution in [2.75, 3.05) is 0 Å². The lowest BCUT2D eigenvalue weighted by Crippen LogP contribution is -2.03. The second-order valence-corrected chi connectivity index (χ2v) is 2.32. The van der Waals surface area contributed by atoms with E-state index >= 15 is 0 Å². The first-order valence-electron chi connectivity index (χ1n) is 3.18. The number of rotatable bonds is 1. The lowest BCUT2D eigenvalue weighted by molar-refractivity contribution is 0.332. The monoisotopic (exact) mass is 137 g/mol. The van der Waals surface area contributed by atoms with Crippen molar-refractivity contribution in [2.24, 2.45) is 5.90 Å². The first kappa shape index (κ1) is 7.09. The summed E-state index contributed by atoms with van der Waals surface area (Å²) in [5, 5.41) is 0. The van der Waals surface area contributed by atoms with Gasteiger partial charge in [-0.2, -0.15) is 5.90 Å². The molecule has 0 saturated heterocycles. The fraction of sp³-hybridized carbons (Fsp3) is 0.250. The Morgan fingerprint density at radius 3 is 2.50 bits per heavy atom. The van der Waals surface area contributed by atoms with Gasteiger partial charge in [0.25, 0.3) is 0 Å². The Balaban J connectivity index is 3.14. The van der Waals surface area contributed by atoms with Gasteiger partial charge in [-0.3, -0.25) is 0 Å². The minimum Gasteiger partial charge on any atom is -0.411 e. The summed E-state index contributed by atoms with van der Waals surface area (Å²) in [7, 11) is 0. The third kappa shape index (κ3) is 1.11. The molecule has 0 spiro atoms. The molecule has 0 bridgehead atoms. The van der Waals surface area contributed by atoms with Crippen LogP contribution in [-0.4, -0.2) is 0 Å². The van der Waals surface area contributed by atoms with Crippen molar-refractivity contribution >= 4 is 0 Å². The highest BCUT2D eigenvalue weighted by atomic mass is 16.6. The fourth-order valence-electron chi connectivity index (χ4n) is 0.852. The van der Waals surface area contributed by atoms with Crippen LogP contribution >= 0.6 is 0 Å². The zero-order valence-corrected chi connectivity index (χ0v) is 6.22. The maximum absolute atomic E-state index is 5.02. The summed E-state index contributed by atoms with van der Waals surface area (Å²) in [4.78, 5) is 4.63. The maximum atomic E-state index is 5.02. The number of nitrogens with two attached hydrogens (primary N) is 1. The van der Waals surface area contributed by atoms with Gasteiger partial charge in [0.05, 0.1) is 0 Å². The van der Waals surface area contributed by atoms with Crippen molar-refractivity contribution in [1.29, 1.82) is 0 Å². The third-order valence-corrected chi connectivity index (χ3v) is 1.68. The van der Waals surface area contributed by atoms with Crippen LogP contribution in [0.2, 0.25) is 0 Å². The Bertz CT molecular complexity index is 233. The highest BCUT2D eigenvalue weighted by molar-refractivity contribution is 5.37. The van der Waals surface area contributed by atoms with Crippen molar-refractivity contribution < 1.29 is 4.84 Å². The first-order chi connectivity index (χ1) is 4.75. The minimum absolute atomic E-state index is 0.750. The van der Waals surface area contributed by atoms with Crippen LogP contribution in [0.3, 0.4) is 0 Å². The number of benzene rings is 1. The SMILES string of the molecule is Cc1cccc(ON)c1C. The summed E-state index contributed by atoms with van der Waals surface area (Å²) in [6.07, 6.45) is 0. The van der Waals surface area contributed by atoms with Crippen LogP contribution in [-0.2, 0) is 0 Å². The topological polar surface area (TPSA) is 35.2 Å². The van der Waals surface area contributed by atoms with Gasteiger partial charge in [-0.05, 0) is 31.0 Å². The smallest absolute Gasteiger partial charge is 0.149 e. The molecule has 1 aromatic carbocycles. The van der Waals surface area contributed by atoms with Gasteiger partial charge in [-0.25, -0.2) is 0 Å². The van der Waals surface area contributed by atoms with E-state index in [4.69, 9.17) is 5.90 Å². The van der Waals surface area contributed by atoms with Gasteiger partial charge in [-0.1, -0.05) is 12.1 Å². The van der Waals surface area contributed by atoms with E-state index in [1.165, 1.54) is 5.56 Å². The van der Waals surface area contributed by atoms with Gasteiger partial charge in [0.2, 0.25) is 0 Å². The maximum Gasteiger partial charge on any atom is 0.149 e. The normalized spacial score (nSPS) is 9.50. The molecule has 0 amide bonds. The number of hydrogen-bond acceptors (Lipinski definition) is 2. The molecule has 0 aliphatic carbocycles. The second-order valence-electron chi connectivity index (χ2n) is 2.32. The van der Waals surface area contributed by atoms with Crippen LogP contribution < -0.4 is 10.7 Å². The lowest BCUT2D eigenvalue weighted by Gasteiger charge is -2.04. The Labute approximate surface area is 60.6 Å². The zero-order valence-electron chi connectivity index (χ0n) is 6.22. The van der Waals surface area contributed by atoms with Gasteiger partial charge >= 0.3 is 0 Å². The van der Waals surface area contributed by atoms with Crippen molar-refractivity contribution in [3.8, 4) is 5.75 Å². The molecule has 2 nitrogen and oxygen atoms in total. The van der Waals surface area contributed by atoms with E-state index in [9.17, 15) is 0 Å². The number of hydrogen-bond donors (Lipinski definition) is 1. The van der Waals surface area contributed by atoms with E-state index in [-0.39, 0.29) is 0 Å². The Morgan fingerprint density at radius 1 is 1.30 bits per heavy atom. The molecule has 0 heterocycles. The Hall–Kier alpha value is -1.02. The van der Waals surface area contributed by atoms with Crippen molar-refractivity contribution in [3.05, 3.63) is 29.3 Å². The fourth-order valence-corrected chi connectivity index (χ4v) is 0.852. The van der Waals surface area contributed by atoms with Crippen molar-refractivity contribution in [2.45, 2.75) is 13.8 Å². The van der Waals surface area contributed by atoms with Gasteiger partial charge in [0, 0.05) is 0 Å². The van der Waals surface area contributed by atoms with Crippen LogP contribution in [0.15, 0.2) is 18.2 Å². The molecule has 0 aromatic heterocycles. The largest absolute Gasteiger partial charge is 0.411 e. The molecule has 0 aliphatic heterocycles. The molecule has 0 unspecified atom stereocenters. The second kappa shape index (κ2) is 2.71. The van der Waals surface area contributed by atoms with E-state index in [0.717, 1.165) is 11.3 Å². The van der Waals surface area contributed by atoms with Crippen LogP contribution in [0, 0.1) is 13.8 Å². The summed E-state index contributed by atoms with van der Waals surface area (Å²) >= 11 is 0.